The Morgan fingerprint density at radius 2 is 1.84 bits per heavy atom. The molecule has 3 N–H and O–H groups in total. The molecule has 10 nitrogen and oxygen atoms in total. The number of aliphatic hydroxyl groups excluding tert-OH is 1. The molecule has 37 heavy (non-hydrogen) atoms. The number of fused-ring (bicyclic) bond motifs is 1. The van der Waals surface area contributed by atoms with Crippen LogP contribution < -0.4 is 19.5 Å². The predicted molar refractivity (Wildman–Crippen MR) is 146 cm³/mol. The molecule has 1 heterocycles. The molecule has 0 unspecified atom stereocenters. The van der Waals surface area contributed by atoms with Gasteiger partial charge in [0.2, 0.25) is 16.8 Å². The lowest BCUT2D eigenvalue weighted by atomic mass is 10.0. The lowest BCUT2D eigenvalue weighted by Crippen LogP contribution is -2.50. The minimum Gasteiger partial charge on any atom is -0.494 e. The molecule has 0 aliphatic carbocycles. The van der Waals surface area contributed by atoms with E-state index in [0.29, 0.717) is 23.9 Å². The van der Waals surface area contributed by atoms with Crippen LogP contribution in [-0.2, 0) is 16.4 Å². The van der Waals surface area contributed by atoms with E-state index in [-0.39, 0.29) is 37.1 Å². The molecule has 1 aliphatic rings. The summed E-state index contributed by atoms with van der Waals surface area (Å²) in [5, 5.41) is 22.8. The highest BCUT2D eigenvalue weighted by molar-refractivity contribution is 14.1. The van der Waals surface area contributed by atoms with Crippen LogP contribution in [0.3, 0.4) is 0 Å². The van der Waals surface area contributed by atoms with Crippen molar-refractivity contribution in [3.8, 4) is 17.2 Å². The average molecular weight is 649 g/mol. The third-order valence-electron chi connectivity index (χ3n) is 5.64. The monoisotopic (exact) mass is 648 g/mol. The maximum absolute atomic E-state index is 13.5. The van der Waals surface area contributed by atoms with E-state index in [4.69, 9.17) is 14.2 Å². The normalized spacial score (nSPS) is 14.5. The molecule has 3 rings (SSSR count). The van der Waals surface area contributed by atoms with E-state index in [1.165, 1.54) is 22.5 Å². The van der Waals surface area contributed by atoms with Crippen LogP contribution in [0, 0.1) is 5.92 Å². The number of aliphatic hydroxyl groups is 1. The molecule has 204 valence electrons. The van der Waals surface area contributed by atoms with E-state index >= 15 is 0 Å². The first-order valence-electron chi connectivity index (χ1n) is 11.9. The van der Waals surface area contributed by atoms with E-state index in [2.05, 4.69) is 27.9 Å². The highest BCUT2D eigenvalue weighted by atomic mass is 127. The van der Waals surface area contributed by atoms with Crippen molar-refractivity contribution >= 4 is 38.7 Å². The fourth-order valence-corrected chi connectivity index (χ4v) is 5.81. The van der Waals surface area contributed by atoms with Gasteiger partial charge in [-0.25, -0.2) is 13.2 Å². The van der Waals surface area contributed by atoms with E-state index in [9.17, 15) is 23.4 Å². The van der Waals surface area contributed by atoms with Gasteiger partial charge in [-0.05, 0) is 48.6 Å². The zero-order valence-electron chi connectivity index (χ0n) is 20.8. The molecule has 0 radical (unpaired) electrons. The quantitative estimate of drug-likeness (QED) is 0.161. The Kier molecular flexibility index (Phi) is 10.7. The zero-order chi connectivity index (χ0) is 27.0. The van der Waals surface area contributed by atoms with Gasteiger partial charge < -0.3 is 29.7 Å². The SMILES string of the molecule is CC(C)CN(C[C@H](O)[C@H](Cc1ccc(OCCCI)cc1)NC(=O)O)S(=O)(=O)c1ccc2c(c1)OCO2. The summed E-state index contributed by atoms with van der Waals surface area (Å²) in [6, 6.07) is 10.6. The molecule has 0 aromatic heterocycles. The summed E-state index contributed by atoms with van der Waals surface area (Å²) in [6.07, 6.45) is -1.52. The predicted octanol–water partition coefficient (Wildman–Crippen LogP) is 3.51. The molecule has 1 aliphatic heterocycles. The van der Waals surface area contributed by atoms with Crippen LogP contribution in [0.15, 0.2) is 47.4 Å². The molecule has 2 atom stereocenters. The lowest BCUT2D eigenvalue weighted by Gasteiger charge is -2.30. The molecular weight excluding hydrogens is 615 g/mol. The molecular formula is C25H33IN2O8S. The summed E-state index contributed by atoms with van der Waals surface area (Å²) in [7, 11) is -4.02. The number of hydrogen-bond donors (Lipinski definition) is 3. The van der Waals surface area contributed by atoms with Crippen molar-refractivity contribution in [1.82, 2.24) is 9.62 Å². The fraction of sp³-hybridized carbons (Fsp3) is 0.480. The molecule has 0 saturated carbocycles. The largest absolute Gasteiger partial charge is 0.494 e. The van der Waals surface area contributed by atoms with Gasteiger partial charge in [-0.15, -0.1) is 0 Å². The number of alkyl halides is 1. The molecule has 2 aromatic carbocycles. The summed E-state index contributed by atoms with van der Waals surface area (Å²) in [6.45, 7) is 4.19. The number of ether oxygens (including phenoxy) is 3. The molecule has 2 aromatic rings. The van der Waals surface area contributed by atoms with Gasteiger partial charge in [0, 0.05) is 23.6 Å². The van der Waals surface area contributed by atoms with Crippen molar-refractivity contribution in [1.29, 1.82) is 0 Å². The smallest absolute Gasteiger partial charge is 0.404 e. The Bertz CT molecular complexity index is 1140. The first kappa shape index (κ1) is 29.3. The van der Waals surface area contributed by atoms with Gasteiger partial charge in [-0.1, -0.05) is 48.6 Å². The number of amides is 1. The third kappa shape index (κ3) is 8.35. The van der Waals surface area contributed by atoms with Gasteiger partial charge in [0.05, 0.1) is 23.6 Å². The van der Waals surface area contributed by atoms with E-state index in [1.54, 1.807) is 24.3 Å². The number of hydrogen-bond acceptors (Lipinski definition) is 7. The lowest BCUT2D eigenvalue weighted by molar-refractivity contribution is 0.0980. The Hall–Kier alpha value is -2.29. The van der Waals surface area contributed by atoms with Crippen LogP contribution in [0.25, 0.3) is 0 Å². The van der Waals surface area contributed by atoms with Gasteiger partial charge in [-0.2, -0.15) is 4.31 Å². The number of nitrogens with one attached hydrogen (secondary N) is 1. The van der Waals surface area contributed by atoms with Crippen LogP contribution in [0.1, 0.15) is 25.8 Å². The minimum atomic E-state index is -4.02. The Balaban J connectivity index is 1.77. The second kappa shape index (κ2) is 13.5. The van der Waals surface area contributed by atoms with E-state index in [0.717, 1.165) is 16.4 Å². The van der Waals surface area contributed by atoms with Crippen LogP contribution in [0.5, 0.6) is 17.2 Å². The number of carboxylic acid groups (broad SMARTS) is 1. The van der Waals surface area contributed by atoms with Crippen LogP contribution in [0.4, 0.5) is 4.79 Å². The third-order valence-corrected chi connectivity index (χ3v) is 8.23. The molecule has 0 saturated heterocycles. The topological polar surface area (TPSA) is 135 Å². The number of nitrogens with zero attached hydrogens (tertiary/aromatic N) is 1. The van der Waals surface area contributed by atoms with E-state index in [1.807, 2.05) is 13.8 Å². The number of sulfonamides is 1. The van der Waals surface area contributed by atoms with Crippen LogP contribution >= 0.6 is 22.6 Å². The molecule has 0 spiro atoms. The number of carbonyl (C=O) groups is 1. The molecule has 1 amide bonds. The second-order valence-electron chi connectivity index (χ2n) is 9.09. The van der Waals surface area contributed by atoms with Gasteiger partial charge in [0.1, 0.15) is 5.75 Å². The summed E-state index contributed by atoms with van der Waals surface area (Å²) < 4.78 is 45.5. The zero-order valence-corrected chi connectivity index (χ0v) is 23.8. The van der Waals surface area contributed by atoms with Crippen LogP contribution in [-0.4, -0.2) is 72.1 Å². The first-order valence-corrected chi connectivity index (χ1v) is 14.9. The van der Waals surface area contributed by atoms with Crippen molar-refractivity contribution in [2.75, 3.05) is 30.9 Å². The maximum Gasteiger partial charge on any atom is 0.404 e. The van der Waals surface area contributed by atoms with Crippen molar-refractivity contribution < 1.29 is 37.6 Å². The summed E-state index contributed by atoms with van der Waals surface area (Å²) in [5.74, 6) is 1.45. The molecule has 12 heteroatoms. The second-order valence-corrected chi connectivity index (χ2v) is 12.1. The minimum absolute atomic E-state index is 0.00509. The van der Waals surface area contributed by atoms with Gasteiger partial charge in [-0.3, -0.25) is 0 Å². The Morgan fingerprint density at radius 1 is 1.14 bits per heavy atom. The van der Waals surface area contributed by atoms with Crippen LogP contribution in [0.2, 0.25) is 0 Å². The fourth-order valence-electron chi connectivity index (χ4n) is 3.86. The van der Waals surface area contributed by atoms with Gasteiger partial charge in [0.15, 0.2) is 11.5 Å². The molecule has 0 fully saturated rings. The summed E-state index contributed by atoms with van der Waals surface area (Å²) >= 11 is 2.28. The first-order chi connectivity index (χ1) is 17.6. The highest BCUT2D eigenvalue weighted by Gasteiger charge is 2.32. The Labute approximate surface area is 231 Å². The van der Waals surface area contributed by atoms with E-state index < -0.39 is 28.3 Å². The number of rotatable bonds is 14. The number of benzene rings is 2. The van der Waals surface area contributed by atoms with Crippen molar-refractivity contribution in [3.63, 3.8) is 0 Å². The highest BCUT2D eigenvalue weighted by Crippen LogP contribution is 2.35. The standard InChI is InChI=1S/C25H33IN2O8S/c1-17(2)14-28(37(32,33)20-8-9-23-24(13-20)36-16-35-23)15-22(29)21(27-25(30)31)12-18-4-6-19(7-5-18)34-11-3-10-26/h4-9,13,17,21-22,27,29H,3,10-12,14-16H2,1-2H3,(H,30,31)/t21-,22-/m0/s1. The Morgan fingerprint density at radius 3 is 2.49 bits per heavy atom. The van der Waals surface area contributed by atoms with Gasteiger partial charge >= 0.3 is 6.09 Å². The summed E-state index contributed by atoms with van der Waals surface area (Å²) in [4.78, 5) is 11.5. The van der Waals surface area contributed by atoms with Crippen molar-refractivity contribution in [3.05, 3.63) is 48.0 Å². The average Bonchev–Trinajstić information content (AvgIpc) is 3.32. The van der Waals surface area contributed by atoms with Crippen molar-refractivity contribution in [2.45, 2.75) is 43.7 Å². The van der Waals surface area contributed by atoms with Crippen molar-refractivity contribution in [2.24, 2.45) is 5.92 Å². The number of halogens is 1. The maximum atomic E-state index is 13.5. The molecule has 0 bridgehead atoms. The van der Waals surface area contributed by atoms with Gasteiger partial charge in [0.25, 0.3) is 0 Å². The summed E-state index contributed by atoms with van der Waals surface area (Å²) in [5.41, 5.74) is 0.771.